The highest BCUT2D eigenvalue weighted by atomic mass is 16.5. The molecule has 1 aliphatic rings. The number of ketones is 1. The smallest absolute Gasteiger partial charge is 0.159 e. The summed E-state index contributed by atoms with van der Waals surface area (Å²) in [7, 11) is 0. The first-order valence-electron chi connectivity index (χ1n) is 6.20. The number of nitrogens with one attached hydrogen (secondary N) is 2. The Morgan fingerprint density at radius 1 is 1.44 bits per heavy atom. The van der Waals surface area contributed by atoms with E-state index < -0.39 is 0 Å². The van der Waals surface area contributed by atoms with Crippen LogP contribution in [0.15, 0.2) is 24.4 Å². The molecule has 1 fully saturated rings. The standard InChI is InChI=1S/C14H16N2O2/c1-9(17)10-2-3-11-12(7-16-13(11)6-10)14-8-15-4-5-18-14/h2-3,6-7,14-16H,4-5,8H2,1H3. The van der Waals surface area contributed by atoms with Crippen molar-refractivity contribution in [1.82, 2.24) is 10.3 Å². The molecule has 4 nitrogen and oxygen atoms in total. The topological polar surface area (TPSA) is 54.1 Å². The number of benzene rings is 1. The van der Waals surface area contributed by atoms with Gasteiger partial charge in [0.25, 0.3) is 0 Å². The first-order chi connectivity index (χ1) is 8.75. The third-order valence-electron chi connectivity index (χ3n) is 3.39. The fourth-order valence-corrected chi connectivity index (χ4v) is 2.40. The van der Waals surface area contributed by atoms with Crippen molar-refractivity contribution in [3.8, 4) is 0 Å². The Morgan fingerprint density at radius 2 is 2.33 bits per heavy atom. The van der Waals surface area contributed by atoms with Gasteiger partial charge < -0.3 is 15.0 Å². The monoisotopic (exact) mass is 244 g/mol. The summed E-state index contributed by atoms with van der Waals surface area (Å²) in [6, 6.07) is 5.77. The summed E-state index contributed by atoms with van der Waals surface area (Å²) in [4.78, 5) is 14.6. The number of H-pyrrole nitrogens is 1. The minimum atomic E-state index is 0.0867. The molecule has 3 rings (SSSR count). The van der Waals surface area contributed by atoms with Crippen LogP contribution in [0.2, 0.25) is 0 Å². The van der Waals surface area contributed by atoms with Gasteiger partial charge in [-0.05, 0) is 13.0 Å². The lowest BCUT2D eigenvalue weighted by Gasteiger charge is -2.23. The molecule has 2 heterocycles. The van der Waals surface area contributed by atoms with E-state index in [1.54, 1.807) is 6.92 Å². The molecule has 2 aromatic rings. The van der Waals surface area contributed by atoms with E-state index in [2.05, 4.69) is 10.3 Å². The maximum atomic E-state index is 11.3. The third-order valence-corrected chi connectivity index (χ3v) is 3.39. The molecule has 1 aromatic carbocycles. The number of hydrogen-bond acceptors (Lipinski definition) is 3. The second kappa shape index (κ2) is 4.55. The predicted molar refractivity (Wildman–Crippen MR) is 69.9 cm³/mol. The predicted octanol–water partition coefficient (Wildman–Crippen LogP) is 2.03. The van der Waals surface area contributed by atoms with Crippen molar-refractivity contribution in [2.45, 2.75) is 13.0 Å². The quantitative estimate of drug-likeness (QED) is 0.795. The Morgan fingerprint density at radius 3 is 3.06 bits per heavy atom. The van der Waals surface area contributed by atoms with E-state index in [1.165, 1.54) is 0 Å². The maximum absolute atomic E-state index is 11.3. The Balaban J connectivity index is 2.01. The number of aromatic amines is 1. The van der Waals surface area contributed by atoms with E-state index in [-0.39, 0.29) is 11.9 Å². The highest BCUT2D eigenvalue weighted by Gasteiger charge is 2.19. The van der Waals surface area contributed by atoms with Crippen LogP contribution in [0.25, 0.3) is 10.9 Å². The highest BCUT2D eigenvalue weighted by Crippen LogP contribution is 2.28. The largest absolute Gasteiger partial charge is 0.371 e. The van der Waals surface area contributed by atoms with Gasteiger partial charge in [-0.15, -0.1) is 0 Å². The van der Waals surface area contributed by atoms with E-state index in [4.69, 9.17) is 4.74 Å². The molecule has 4 heteroatoms. The van der Waals surface area contributed by atoms with Crippen LogP contribution in [0.3, 0.4) is 0 Å². The average Bonchev–Trinajstić information content (AvgIpc) is 2.82. The molecule has 0 radical (unpaired) electrons. The van der Waals surface area contributed by atoms with Crippen molar-refractivity contribution in [3.63, 3.8) is 0 Å². The lowest BCUT2D eigenvalue weighted by molar-refractivity contribution is 0.0286. The molecule has 1 aromatic heterocycles. The van der Waals surface area contributed by atoms with Crippen LogP contribution in [0.5, 0.6) is 0 Å². The molecule has 0 aliphatic carbocycles. The molecule has 2 N–H and O–H groups in total. The fourth-order valence-electron chi connectivity index (χ4n) is 2.40. The Bertz CT molecular complexity index is 582. The molecule has 0 bridgehead atoms. The van der Waals surface area contributed by atoms with Crippen LogP contribution < -0.4 is 5.32 Å². The van der Waals surface area contributed by atoms with E-state index in [9.17, 15) is 4.79 Å². The third kappa shape index (κ3) is 1.94. The van der Waals surface area contributed by atoms with Gasteiger partial charge in [-0.2, -0.15) is 0 Å². The number of hydrogen-bond donors (Lipinski definition) is 2. The van der Waals surface area contributed by atoms with Gasteiger partial charge in [-0.25, -0.2) is 0 Å². The van der Waals surface area contributed by atoms with Crippen molar-refractivity contribution in [1.29, 1.82) is 0 Å². The number of Topliss-reactive ketones (excluding diaryl/α,β-unsaturated/α-hetero) is 1. The maximum Gasteiger partial charge on any atom is 0.159 e. The molecule has 94 valence electrons. The van der Waals surface area contributed by atoms with Gasteiger partial charge in [-0.3, -0.25) is 4.79 Å². The molecule has 0 saturated carbocycles. The number of rotatable bonds is 2. The molecular weight excluding hydrogens is 228 g/mol. The summed E-state index contributed by atoms with van der Waals surface area (Å²) in [5, 5.41) is 4.46. The number of fused-ring (bicyclic) bond motifs is 1. The van der Waals surface area contributed by atoms with Gasteiger partial charge in [0.05, 0.1) is 12.7 Å². The Labute approximate surface area is 105 Å². The zero-order valence-corrected chi connectivity index (χ0v) is 10.3. The van der Waals surface area contributed by atoms with Crippen LogP contribution in [0, 0.1) is 0 Å². The molecular formula is C14H16N2O2. The summed E-state index contributed by atoms with van der Waals surface area (Å²) in [5.41, 5.74) is 2.89. The second-order valence-electron chi connectivity index (χ2n) is 4.62. The minimum absolute atomic E-state index is 0.0867. The number of carbonyl (C=O) groups excluding carboxylic acids is 1. The van der Waals surface area contributed by atoms with Crippen LogP contribution in [0.4, 0.5) is 0 Å². The SMILES string of the molecule is CC(=O)c1ccc2c(C3CNCCO3)c[nH]c2c1. The van der Waals surface area contributed by atoms with E-state index in [0.717, 1.165) is 41.7 Å². The molecule has 0 amide bonds. The van der Waals surface area contributed by atoms with Crippen LogP contribution in [-0.4, -0.2) is 30.5 Å². The van der Waals surface area contributed by atoms with Gasteiger partial charge in [-0.1, -0.05) is 12.1 Å². The highest BCUT2D eigenvalue weighted by molar-refractivity contribution is 5.98. The summed E-state index contributed by atoms with van der Waals surface area (Å²) in [6.45, 7) is 4.07. The van der Waals surface area contributed by atoms with E-state index in [1.807, 2.05) is 24.4 Å². The summed E-state index contributed by atoms with van der Waals surface area (Å²) < 4.78 is 5.76. The average molecular weight is 244 g/mol. The van der Waals surface area contributed by atoms with Gasteiger partial charge in [0, 0.05) is 41.3 Å². The number of carbonyl (C=O) groups is 1. The molecule has 1 unspecified atom stereocenters. The second-order valence-corrected chi connectivity index (χ2v) is 4.62. The fraction of sp³-hybridized carbons (Fsp3) is 0.357. The van der Waals surface area contributed by atoms with Gasteiger partial charge in [0.15, 0.2) is 5.78 Å². The van der Waals surface area contributed by atoms with Crippen LogP contribution in [-0.2, 0) is 4.74 Å². The molecule has 1 atom stereocenters. The normalized spacial score (nSPS) is 20.2. The summed E-state index contributed by atoms with van der Waals surface area (Å²) in [6.07, 6.45) is 2.07. The first kappa shape index (κ1) is 11.4. The Kier molecular flexibility index (Phi) is 2.89. The van der Waals surface area contributed by atoms with Gasteiger partial charge in [0.1, 0.15) is 0 Å². The number of morpholine rings is 1. The number of aromatic nitrogens is 1. The molecule has 1 saturated heterocycles. The number of ether oxygens (including phenoxy) is 1. The lowest BCUT2D eigenvalue weighted by Crippen LogP contribution is -2.33. The Hall–Kier alpha value is -1.65. The van der Waals surface area contributed by atoms with Crippen molar-refractivity contribution < 1.29 is 9.53 Å². The molecule has 18 heavy (non-hydrogen) atoms. The summed E-state index contributed by atoms with van der Waals surface area (Å²) in [5.74, 6) is 0.0867. The van der Waals surface area contributed by atoms with Crippen molar-refractivity contribution in [2.75, 3.05) is 19.7 Å². The van der Waals surface area contributed by atoms with E-state index >= 15 is 0 Å². The molecule has 0 spiro atoms. The van der Waals surface area contributed by atoms with Crippen molar-refractivity contribution >= 4 is 16.7 Å². The van der Waals surface area contributed by atoms with E-state index in [0.29, 0.717) is 0 Å². The summed E-state index contributed by atoms with van der Waals surface area (Å²) >= 11 is 0. The van der Waals surface area contributed by atoms with Gasteiger partial charge >= 0.3 is 0 Å². The minimum Gasteiger partial charge on any atom is -0.371 e. The van der Waals surface area contributed by atoms with Crippen LogP contribution >= 0.6 is 0 Å². The van der Waals surface area contributed by atoms with Crippen molar-refractivity contribution in [2.24, 2.45) is 0 Å². The van der Waals surface area contributed by atoms with Crippen LogP contribution in [0.1, 0.15) is 28.9 Å². The van der Waals surface area contributed by atoms with Gasteiger partial charge in [0.2, 0.25) is 0 Å². The molecule has 1 aliphatic heterocycles. The lowest BCUT2D eigenvalue weighted by atomic mass is 10.0. The van der Waals surface area contributed by atoms with Crippen molar-refractivity contribution in [3.05, 3.63) is 35.5 Å². The first-order valence-corrected chi connectivity index (χ1v) is 6.20. The zero-order valence-electron chi connectivity index (χ0n) is 10.3. The zero-order chi connectivity index (χ0) is 12.5.